The lowest BCUT2D eigenvalue weighted by atomic mass is 10.2. The lowest BCUT2D eigenvalue weighted by Gasteiger charge is -2.10. The van der Waals surface area contributed by atoms with Crippen LogP contribution in [0.25, 0.3) is 20.7 Å². The van der Waals surface area contributed by atoms with Crippen molar-refractivity contribution in [2.75, 3.05) is 12.9 Å². The summed E-state index contributed by atoms with van der Waals surface area (Å²) in [5.74, 6) is 0.750. The van der Waals surface area contributed by atoms with Gasteiger partial charge in [-0.25, -0.2) is 4.98 Å². The molecular formula is C25H23N3O3S2. The molecule has 0 saturated carbocycles. The van der Waals surface area contributed by atoms with Crippen molar-refractivity contribution in [2.24, 2.45) is 0 Å². The Balaban J connectivity index is 1.52. The predicted molar refractivity (Wildman–Crippen MR) is 135 cm³/mol. The van der Waals surface area contributed by atoms with E-state index in [1.165, 1.54) is 23.1 Å². The van der Waals surface area contributed by atoms with Crippen LogP contribution in [0.5, 0.6) is 5.75 Å². The first kappa shape index (κ1) is 22.8. The number of hydrogen-bond donors (Lipinski definition) is 1. The standard InChI is InChI=1S/C25H23N3O3S2/c1-3-12-28-24(30)23-20(14-21(33-23)18-9-5-4-6-10-18)27-25(28)32-16-22(29)26-15-17-8-7-11-19(13-17)31-2/h3-11,13-14H,1,12,15-16H2,2H3,(H,26,29). The normalized spacial score (nSPS) is 10.8. The van der Waals surface area contributed by atoms with Gasteiger partial charge in [0.1, 0.15) is 10.4 Å². The number of thioether (sulfide) groups is 1. The summed E-state index contributed by atoms with van der Waals surface area (Å²) in [5, 5.41) is 3.40. The molecule has 0 unspecified atom stereocenters. The zero-order valence-electron chi connectivity index (χ0n) is 18.1. The molecule has 0 aliphatic rings. The monoisotopic (exact) mass is 477 g/mol. The van der Waals surface area contributed by atoms with Crippen molar-refractivity contribution in [1.82, 2.24) is 14.9 Å². The van der Waals surface area contributed by atoms with Crippen LogP contribution < -0.4 is 15.6 Å². The van der Waals surface area contributed by atoms with Crippen molar-refractivity contribution in [1.29, 1.82) is 0 Å². The maximum atomic E-state index is 13.2. The molecule has 0 radical (unpaired) electrons. The van der Waals surface area contributed by atoms with Crippen LogP contribution in [0.4, 0.5) is 0 Å². The molecule has 2 heterocycles. The van der Waals surface area contributed by atoms with Gasteiger partial charge < -0.3 is 10.1 Å². The zero-order chi connectivity index (χ0) is 23.2. The molecule has 0 saturated heterocycles. The Bertz CT molecular complexity index is 1350. The number of nitrogens with zero attached hydrogens (tertiary/aromatic N) is 2. The van der Waals surface area contributed by atoms with Gasteiger partial charge in [-0.2, -0.15) is 0 Å². The van der Waals surface area contributed by atoms with Crippen LogP contribution in [0.3, 0.4) is 0 Å². The number of thiophene rings is 1. The van der Waals surface area contributed by atoms with Gasteiger partial charge in [-0.3, -0.25) is 14.2 Å². The van der Waals surface area contributed by atoms with Crippen molar-refractivity contribution in [3.05, 3.63) is 89.2 Å². The number of carbonyl (C=O) groups is 1. The highest BCUT2D eigenvalue weighted by atomic mass is 32.2. The number of ether oxygens (including phenoxy) is 1. The van der Waals surface area contributed by atoms with Gasteiger partial charge in [0, 0.05) is 18.0 Å². The second-order valence-corrected chi connectivity index (χ2v) is 9.20. The van der Waals surface area contributed by atoms with E-state index >= 15 is 0 Å². The third-order valence-electron chi connectivity index (χ3n) is 4.93. The number of methoxy groups -OCH3 is 1. The molecule has 1 N–H and O–H groups in total. The fraction of sp³-hybridized carbons (Fsp3) is 0.160. The SMILES string of the molecule is C=CCn1c(SCC(=O)NCc2cccc(OC)c2)nc2cc(-c3ccccc3)sc2c1=O. The van der Waals surface area contributed by atoms with Crippen molar-refractivity contribution >= 4 is 39.2 Å². The Labute approximate surface area is 199 Å². The first-order chi connectivity index (χ1) is 16.1. The molecule has 0 aliphatic carbocycles. The molecule has 0 atom stereocenters. The third-order valence-corrected chi connectivity index (χ3v) is 7.06. The summed E-state index contributed by atoms with van der Waals surface area (Å²) in [6, 6.07) is 19.4. The second kappa shape index (κ2) is 10.5. The highest BCUT2D eigenvalue weighted by Gasteiger charge is 2.16. The summed E-state index contributed by atoms with van der Waals surface area (Å²) in [5.41, 5.74) is 2.51. The van der Waals surface area contributed by atoms with Crippen molar-refractivity contribution in [3.63, 3.8) is 0 Å². The number of amides is 1. The highest BCUT2D eigenvalue weighted by molar-refractivity contribution is 7.99. The fourth-order valence-electron chi connectivity index (χ4n) is 3.30. The molecule has 2 aromatic carbocycles. The zero-order valence-corrected chi connectivity index (χ0v) is 19.7. The number of fused-ring (bicyclic) bond motifs is 1. The van der Waals surface area contributed by atoms with Crippen LogP contribution in [0.2, 0.25) is 0 Å². The quantitative estimate of drug-likeness (QED) is 0.214. The number of rotatable bonds is 9. The minimum absolute atomic E-state index is 0.119. The molecular weight excluding hydrogens is 454 g/mol. The lowest BCUT2D eigenvalue weighted by Crippen LogP contribution is -2.26. The number of allylic oxidation sites excluding steroid dienone is 1. The molecule has 1 amide bonds. The Morgan fingerprint density at radius 2 is 2.03 bits per heavy atom. The first-order valence-corrected chi connectivity index (χ1v) is 12.1. The second-order valence-electron chi connectivity index (χ2n) is 7.21. The molecule has 8 heteroatoms. The van der Waals surface area contributed by atoms with Gasteiger partial charge in [-0.1, -0.05) is 60.3 Å². The number of benzene rings is 2. The van der Waals surface area contributed by atoms with E-state index in [1.807, 2.05) is 60.7 Å². The van der Waals surface area contributed by atoms with Crippen LogP contribution in [0.1, 0.15) is 5.56 Å². The van der Waals surface area contributed by atoms with E-state index in [4.69, 9.17) is 9.72 Å². The van der Waals surface area contributed by atoms with Gasteiger partial charge in [-0.05, 0) is 29.3 Å². The summed E-state index contributed by atoms with van der Waals surface area (Å²) in [4.78, 5) is 31.3. The van der Waals surface area contributed by atoms with Crippen molar-refractivity contribution in [3.8, 4) is 16.2 Å². The third kappa shape index (κ3) is 5.35. The van der Waals surface area contributed by atoms with Crippen LogP contribution >= 0.6 is 23.1 Å². The summed E-state index contributed by atoms with van der Waals surface area (Å²) in [6.07, 6.45) is 1.66. The Hall–Kier alpha value is -3.36. The van der Waals surface area contributed by atoms with Gasteiger partial charge in [0.05, 0.1) is 18.4 Å². The predicted octanol–water partition coefficient (Wildman–Crippen LogP) is 4.73. The van der Waals surface area contributed by atoms with Crippen LogP contribution in [0.15, 0.2) is 83.3 Å². The summed E-state index contributed by atoms with van der Waals surface area (Å²) in [6.45, 7) is 4.48. The molecule has 4 aromatic rings. The number of carbonyl (C=O) groups excluding carboxylic acids is 1. The Morgan fingerprint density at radius 1 is 1.21 bits per heavy atom. The van der Waals surface area contributed by atoms with Gasteiger partial charge in [-0.15, -0.1) is 17.9 Å². The Morgan fingerprint density at radius 3 is 2.79 bits per heavy atom. The largest absolute Gasteiger partial charge is 0.497 e. The first-order valence-electron chi connectivity index (χ1n) is 10.3. The molecule has 0 spiro atoms. The minimum atomic E-state index is -0.141. The van der Waals surface area contributed by atoms with Gasteiger partial charge in [0.2, 0.25) is 5.91 Å². The minimum Gasteiger partial charge on any atom is -0.497 e. The topological polar surface area (TPSA) is 73.2 Å². The molecule has 168 valence electrons. The average molecular weight is 478 g/mol. The van der Waals surface area contributed by atoms with Gasteiger partial charge in [0.25, 0.3) is 5.56 Å². The molecule has 2 aromatic heterocycles. The smallest absolute Gasteiger partial charge is 0.272 e. The summed E-state index contributed by atoms with van der Waals surface area (Å²) >= 11 is 2.67. The molecule has 6 nitrogen and oxygen atoms in total. The molecule has 33 heavy (non-hydrogen) atoms. The molecule has 0 aliphatic heterocycles. The lowest BCUT2D eigenvalue weighted by molar-refractivity contribution is -0.118. The van der Waals surface area contributed by atoms with E-state index in [-0.39, 0.29) is 17.2 Å². The molecule has 0 fully saturated rings. The average Bonchev–Trinajstić information content (AvgIpc) is 3.28. The number of hydrogen-bond acceptors (Lipinski definition) is 6. The Kier molecular flexibility index (Phi) is 7.26. The van der Waals surface area contributed by atoms with E-state index in [0.717, 1.165) is 21.8 Å². The van der Waals surface area contributed by atoms with E-state index in [2.05, 4.69) is 11.9 Å². The van der Waals surface area contributed by atoms with Crippen LogP contribution in [-0.2, 0) is 17.9 Å². The van der Waals surface area contributed by atoms with Crippen molar-refractivity contribution < 1.29 is 9.53 Å². The van der Waals surface area contributed by atoms with Crippen LogP contribution in [-0.4, -0.2) is 28.3 Å². The maximum Gasteiger partial charge on any atom is 0.272 e. The highest BCUT2D eigenvalue weighted by Crippen LogP contribution is 2.32. The van der Waals surface area contributed by atoms with Gasteiger partial charge in [0.15, 0.2) is 5.16 Å². The van der Waals surface area contributed by atoms with E-state index in [1.54, 1.807) is 17.8 Å². The summed E-state index contributed by atoms with van der Waals surface area (Å²) < 4.78 is 7.38. The maximum absolute atomic E-state index is 13.2. The van der Waals surface area contributed by atoms with Gasteiger partial charge >= 0.3 is 0 Å². The number of nitrogens with one attached hydrogen (secondary N) is 1. The molecule has 0 bridgehead atoms. The van der Waals surface area contributed by atoms with Crippen molar-refractivity contribution in [2.45, 2.75) is 18.2 Å². The number of aromatic nitrogens is 2. The van der Waals surface area contributed by atoms with Crippen LogP contribution in [0, 0.1) is 0 Å². The van der Waals surface area contributed by atoms with E-state index < -0.39 is 0 Å². The van der Waals surface area contributed by atoms with E-state index in [0.29, 0.717) is 28.5 Å². The summed E-state index contributed by atoms with van der Waals surface area (Å²) in [7, 11) is 1.61. The molecule has 4 rings (SSSR count). The van der Waals surface area contributed by atoms with E-state index in [9.17, 15) is 9.59 Å². The fourth-order valence-corrected chi connectivity index (χ4v) is 5.19.